The van der Waals surface area contributed by atoms with E-state index in [1.165, 1.54) is 44.3 Å². The number of ether oxygens (including phenoxy) is 1. The molecule has 0 amide bonds. The van der Waals surface area contributed by atoms with E-state index in [4.69, 9.17) is 4.74 Å². The van der Waals surface area contributed by atoms with Gasteiger partial charge in [0.15, 0.2) is 0 Å². The number of hydrogen-bond donors (Lipinski definition) is 0. The SMILES string of the molecule is CC(C)(C)CC(C)(C)c1ccc(OC(C)(C)CN2CCCCC2)cc1. The molecule has 25 heavy (non-hydrogen) atoms. The summed E-state index contributed by atoms with van der Waals surface area (Å²) in [6.45, 7) is 19.5. The van der Waals surface area contributed by atoms with E-state index in [-0.39, 0.29) is 11.0 Å². The molecular weight excluding hydrogens is 306 g/mol. The third kappa shape index (κ3) is 6.66. The largest absolute Gasteiger partial charge is 0.487 e. The minimum atomic E-state index is -0.153. The molecule has 2 heteroatoms. The average molecular weight is 346 g/mol. The first-order valence-electron chi connectivity index (χ1n) is 9.99. The van der Waals surface area contributed by atoms with Crippen LogP contribution in [-0.2, 0) is 5.41 Å². The van der Waals surface area contributed by atoms with E-state index >= 15 is 0 Å². The predicted molar refractivity (Wildman–Crippen MR) is 109 cm³/mol. The van der Waals surface area contributed by atoms with Crippen LogP contribution in [0.4, 0.5) is 0 Å². The van der Waals surface area contributed by atoms with E-state index < -0.39 is 0 Å². The summed E-state index contributed by atoms with van der Waals surface area (Å²) in [4.78, 5) is 2.55. The van der Waals surface area contributed by atoms with Gasteiger partial charge in [0.1, 0.15) is 11.4 Å². The number of piperidine rings is 1. The molecule has 2 nitrogen and oxygen atoms in total. The Bertz CT molecular complexity index is 530. The monoisotopic (exact) mass is 345 g/mol. The summed E-state index contributed by atoms with van der Waals surface area (Å²) in [5.74, 6) is 0.984. The highest BCUT2D eigenvalue weighted by molar-refractivity contribution is 5.32. The maximum absolute atomic E-state index is 6.33. The Kier molecular flexibility index (Phi) is 6.25. The number of nitrogens with zero attached hydrogens (tertiary/aromatic N) is 1. The van der Waals surface area contributed by atoms with Gasteiger partial charge in [0.2, 0.25) is 0 Å². The first kappa shape index (κ1) is 20.3. The van der Waals surface area contributed by atoms with Crippen LogP contribution in [0.25, 0.3) is 0 Å². The lowest BCUT2D eigenvalue weighted by atomic mass is 9.72. The van der Waals surface area contributed by atoms with Gasteiger partial charge in [-0.1, -0.05) is 53.2 Å². The van der Waals surface area contributed by atoms with Crippen LogP contribution >= 0.6 is 0 Å². The van der Waals surface area contributed by atoms with Gasteiger partial charge in [0, 0.05) is 6.54 Å². The third-order valence-electron chi connectivity index (χ3n) is 5.06. The molecule has 0 saturated carbocycles. The summed E-state index contributed by atoms with van der Waals surface area (Å²) in [7, 11) is 0. The highest BCUT2D eigenvalue weighted by Gasteiger charge is 2.28. The zero-order valence-corrected chi connectivity index (χ0v) is 17.6. The Morgan fingerprint density at radius 3 is 1.92 bits per heavy atom. The quantitative estimate of drug-likeness (QED) is 0.623. The Balaban J connectivity index is 1.99. The van der Waals surface area contributed by atoms with E-state index in [9.17, 15) is 0 Å². The maximum Gasteiger partial charge on any atom is 0.120 e. The fourth-order valence-corrected chi connectivity index (χ4v) is 4.41. The van der Waals surface area contributed by atoms with Gasteiger partial charge in [-0.2, -0.15) is 0 Å². The molecule has 0 spiro atoms. The van der Waals surface area contributed by atoms with Crippen LogP contribution in [0.15, 0.2) is 24.3 Å². The van der Waals surface area contributed by atoms with Crippen LogP contribution in [0, 0.1) is 5.41 Å². The molecule has 1 saturated heterocycles. The Morgan fingerprint density at radius 1 is 0.840 bits per heavy atom. The highest BCUT2D eigenvalue weighted by Crippen LogP contribution is 2.37. The molecular formula is C23H39NO. The van der Waals surface area contributed by atoms with Crippen LogP contribution < -0.4 is 4.74 Å². The number of hydrogen-bond acceptors (Lipinski definition) is 2. The highest BCUT2D eigenvalue weighted by atomic mass is 16.5. The molecule has 1 aromatic rings. The Labute approximate surface area is 156 Å². The van der Waals surface area contributed by atoms with Gasteiger partial charge in [0.05, 0.1) is 0 Å². The van der Waals surface area contributed by atoms with Crippen molar-refractivity contribution in [3.63, 3.8) is 0 Å². The fraction of sp³-hybridized carbons (Fsp3) is 0.739. The Morgan fingerprint density at radius 2 is 1.40 bits per heavy atom. The second-order valence-corrected chi connectivity index (χ2v) is 10.3. The van der Waals surface area contributed by atoms with Crippen LogP contribution in [0.2, 0.25) is 0 Å². The summed E-state index contributed by atoms with van der Waals surface area (Å²) in [5.41, 5.74) is 1.75. The van der Waals surface area contributed by atoms with Crippen molar-refractivity contribution in [2.45, 2.75) is 85.2 Å². The van der Waals surface area contributed by atoms with E-state index in [1.807, 2.05) is 0 Å². The first-order valence-corrected chi connectivity index (χ1v) is 9.99. The van der Waals surface area contributed by atoms with Gasteiger partial charge in [-0.15, -0.1) is 0 Å². The molecule has 0 bridgehead atoms. The second-order valence-electron chi connectivity index (χ2n) is 10.3. The molecule has 0 aliphatic carbocycles. The zero-order chi connectivity index (χ0) is 18.7. The lowest BCUT2D eigenvalue weighted by Crippen LogP contribution is -2.44. The van der Waals surface area contributed by atoms with Crippen molar-refractivity contribution in [3.8, 4) is 5.75 Å². The van der Waals surface area contributed by atoms with Crippen molar-refractivity contribution in [1.29, 1.82) is 0 Å². The predicted octanol–water partition coefficient (Wildman–Crippen LogP) is 6.04. The number of likely N-dealkylation sites (tertiary alicyclic amines) is 1. The minimum Gasteiger partial charge on any atom is -0.487 e. The van der Waals surface area contributed by atoms with Crippen molar-refractivity contribution in [2.75, 3.05) is 19.6 Å². The molecule has 1 aliphatic heterocycles. The fourth-order valence-electron chi connectivity index (χ4n) is 4.41. The summed E-state index contributed by atoms with van der Waals surface area (Å²) < 4.78 is 6.33. The van der Waals surface area contributed by atoms with Gasteiger partial charge < -0.3 is 4.74 Å². The van der Waals surface area contributed by atoms with Crippen molar-refractivity contribution < 1.29 is 4.74 Å². The topological polar surface area (TPSA) is 12.5 Å². The van der Waals surface area contributed by atoms with Crippen molar-refractivity contribution in [1.82, 2.24) is 4.90 Å². The molecule has 2 rings (SSSR count). The summed E-state index contributed by atoms with van der Waals surface area (Å²) in [6.07, 6.45) is 5.20. The molecule has 142 valence electrons. The van der Waals surface area contributed by atoms with E-state index in [2.05, 4.69) is 77.6 Å². The van der Waals surface area contributed by atoms with Crippen molar-refractivity contribution >= 4 is 0 Å². The molecule has 0 N–H and O–H groups in total. The molecule has 1 aliphatic rings. The molecule has 0 unspecified atom stereocenters. The number of benzene rings is 1. The van der Waals surface area contributed by atoms with Gasteiger partial charge in [0.25, 0.3) is 0 Å². The maximum atomic E-state index is 6.33. The Hall–Kier alpha value is -1.02. The average Bonchev–Trinajstić information content (AvgIpc) is 2.45. The van der Waals surface area contributed by atoms with Gasteiger partial charge in [-0.3, -0.25) is 4.90 Å². The smallest absolute Gasteiger partial charge is 0.120 e. The summed E-state index contributed by atoms with van der Waals surface area (Å²) in [5, 5.41) is 0. The van der Waals surface area contributed by atoms with Gasteiger partial charge >= 0.3 is 0 Å². The molecule has 1 fully saturated rings. The molecule has 0 atom stereocenters. The second kappa shape index (κ2) is 7.70. The standard InChI is InChI=1S/C23H39NO/c1-21(2,3)17-22(4,5)19-11-13-20(14-12-19)25-23(6,7)18-24-15-9-8-10-16-24/h11-14H,8-10,15-18H2,1-7H3. The van der Waals surface area contributed by atoms with Crippen LogP contribution in [-0.4, -0.2) is 30.1 Å². The van der Waals surface area contributed by atoms with Crippen molar-refractivity contribution in [3.05, 3.63) is 29.8 Å². The zero-order valence-electron chi connectivity index (χ0n) is 17.6. The first-order chi connectivity index (χ1) is 11.5. The van der Waals surface area contributed by atoms with Gasteiger partial charge in [-0.05, 0) is 74.7 Å². The van der Waals surface area contributed by atoms with Crippen LogP contribution in [0.3, 0.4) is 0 Å². The van der Waals surface area contributed by atoms with Crippen LogP contribution in [0.5, 0.6) is 5.75 Å². The van der Waals surface area contributed by atoms with Gasteiger partial charge in [-0.25, -0.2) is 0 Å². The lowest BCUT2D eigenvalue weighted by Gasteiger charge is -2.35. The van der Waals surface area contributed by atoms with E-state index in [1.54, 1.807) is 0 Å². The van der Waals surface area contributed by atoms with E-state index in [0.717, 1.165) is 12.3 Å². The van der Waals surface area contributed by atoms with E-state index in [0.29, 0.717) is 5.41 Å². The molecule has 1 heterocycles. The number of rotatable bonds is 6. The van der Waals surface area contributed by atoms with Crippen LogP contribution in [0.1, 0.15) is 79.7 Å². The lowest BCUT2D eigenvalue weighted by molar-refractivity contribution is 0.0520. The molecule has 0 aromatic heterocycles. The molecule has 0 radical (unpaired) electrons. The summed E-state index contributed by atoms with van der Waals surface area (Å²) in [6, 6.07) is 8.80. The third-order valence-corrected chi connectivity index (χ3v) is 5.06. The molecule has 1 aromatic carbocycles. The summed E-state index contributed by atoms with van der Waals surface area (Å²) >= 11 is 0. The van der Waals surface area contributed by atoms with Crippen molar-refractivity contribution in [2.24, 2.45) is 5.41 Å². The normalized spacial score (nSPS) is 17.6. The minimum absolute atomic E-state index is 0.153.